The Balaban J connectivity index is 1.34. The van der Waals surface area contributed by atoms with Gasteiger partial charge in [-0.3, -0.25) is 24.5 Å². The summed E-state index contributed by atoms with van der Waals surface area (Å²) in [6.07, 6.45) is 5.33. The first kappa shape index (κ1) is 30.7. The van der Waals surface area contributed by atoms with Gasteiger partial charge in [-0.05, 0) is 34.4 Å². The number of hydrogen-bond acceptors (Lipinski definition) is 5. The maximum absolute atomic E-state index is 13.7. The summed E-state index contributed by atoms with van der Waals surface area (Å²) in [5, 5.41) is 13.4. The van der Waals surface area contributed by atoms with Crippen molar-refractivity contribution in [3.63, 3.8) is 0 Å². The number of nitrogens with zero attached hydrogens (tertiary/aromatic N) is 3. The van der Waals surface area contributed by atoms with Crippen LogP contribution in [0.25, 0.3) is 11.1 Å². The quantitative estimate of drug-likeness (QED) is 0.238. The van der Waals surface area contributed by atoms with E-state index in [-0.39, 0.29) is 18.4 Å². The molecule has 1 aliphatic heterocycles. The Bertz CT molecular complexity index is 1130. The van der Waals surface area contributed by atoms with Crippen LogP contribution in [0.1, 0.15) is 58.4 Å². The Morgan fingerprint density at radius 3 is 2.17 bits per heavy atom. The van der Waals surface area contributed by atoms with Crippen LogP contribution in [-0.4, -0.2) is 77.1 Å². The molecule has 2 aromatic rings. The maximum Gasteiger partial charge on any atom is 0.245 e. The predicted octanol–water partition coefficient (Wildman–Crippen LogP) is 4.57. The van der Waals surface area contributed by atoms with Crippen LogP contribution in [0.3, 0.4) is 0 Å². The van der Waals surface area contributed by atoms with E-state index in [0.717, 1.165) is 45.3 Å². The highest BCUT2D eigenvalue weighted by Gasteiger charge is 2.38. The van der Waals surface area contributed by atoms with E-state index in [1.54, 1.807) is 0 Å². The van der Waals surface area contributed by atoms with Gasteiger partial charge in [-0.2, -0.15) is 0 Å². The first-order valence-corrected chi connectivity index (χ1v) is 15.0. The van der Waals surface area contributed by atoms with Crippen molar-refractivity contribution in [1.82, 2.24) is 20.2 Å². The number of hydroxylamine groups is 2. The van der Waals surface area contributed by atoms with Crippen molar-refractivity contribution >= 4 is 18.2 Å². The monoisotopic (exact) mass is 562 g/mol. The van der Waals surface area contributed by atoms with Crippen LogP contribution in [0.5, 0.6) is 0 Å². The van der Waals surface area contributed by atoms with Gasteiger partial charge < -0.3 is 10.2 Å². The summed E-state index contributed by atoms with van der Waals surface area (Å²) in [4.78, 5) is 42.5. The molecule has 41 heavy (non-hydrogen) atoms. The van der Waals surface area contributed by atoms with Gasteiger partial charge in [0.05, 0.1) is 12.5 Å². The lowest BCUT2D eigenvalue weighted by molar-refractivity contribution is -0.156. The van der Waals surface area contributed by atoms with Gasteiger partial charge in [-0.15, -0.1) is 0 Å². The van der Waals surface area contributed by atoms with E-state index >= 15 is 0 Å². The van der Waals surface area contributed by atoms with Gasteiger partial charge in [0.15, 0.2) is 0 Å². The molecule has 2 atom stereocenters. The Kier molecular flexibility index (Phi) is 10.6. The van der Waals surface area contributed by atoms with Crippen LogP contribution in [0.4, 0.5) is 0 Å². The predicted molar refractivity (Wildman–Crippen MR) is 160 cm³/mol. The standard InChI is InChI=1S/C33H46N4O4/c1-33(2,3)30(34-31(39)29(23-37(41)24-38)21-25-9-7-8-10-25)32(40)36-19-17-35(18-20-36)22-26-13-15-28(16-14-26)27-11-5-4-6-12-27/h4-6,11-16,24-25,29-30,41H,7-10,17-23H2,1-3H3,(H,34,39)/t29-,30-/m1/s1. The summed E-state index contributed by atoms with van der Waals surface area (Å²) < 4.78 is 0. The van der Waals surface area contributed by atoms with Crippen molar-refractivity contribution < 1.29 is 19.6 Å². The van der Waals surface area contributed by atoms with Crippen molar-refractivity contribution in [3.8, 4) is 11.1 Å². The Morgan fingerprint density at radius 1 is 0.976 bits per heavy atom. The smallest absolute Gasteiger partial charge is 0.245 e. The summed E-state index contributed by atoms with van der Waals surface area (Å²) in [6, 6.07) is 18.3. The molecule has 0 spiro atoms. The van der Waals surface area contributed by atoms with Gasteiger partial charge in [-0.1, -0.05) is 101 Å². The average molecular weight is 563 g/mol. The zero-order valence-electron chi connectivity index (χ0n) is 24.8. The molecule has 3 amide bonds. The third-order valence-corrected chi connectivity index (χ3v) is 8.54. The summed E-state index contributed by atoms with van der Waals surface area (Å²) >= 11 is 0. The second kappa shape index (κ2) is 14.1. The molecule has 222 valence electrons. The molecule has 2 aliphatic rings. The second-order valence-electron chi connectivity index (χ2n) is 12.8. The Labute approximate surface area is 244 Å². The molecule has 2 N–H and O–H groups in total. The molecule has 0 bridgehead atoms. The van der Waals surface area contributed by atoms with Crippen LogP contribution < -0.4 is 5.32 Å². The highest BCUT2D eigenvalue weighted by molar-refractivity contribution is 5.89. The van der Waals surface area contributed by atoms with E-state index in [0.29, 0.717) is 36.9 Å². The fraction of sp³-hybridized carbons (Fsp3) is 0.545. The SMILES string of the molecule is CC(C)(C)[C@H](NC(=O)[C@H](CC1CCCC1)CN(O)C=O)C(=O)N1CCN(Cc2ccc(-c3ccccc3)cc2)CC1. The van der Waals surface area contributed by atoms with Crippen LogP contribution in [0.15, 0.2) is 54.6 Å². The van der Waals surface area contributed by atoms with Gasteiger partial charge in [0.2, 0.25) is 18.2 Å². The van der Waals surface area contributed by atoms with Crippen LogP contribution in [0.2, 0.25) is 0 Å². The molecule has 4 rings (SSSR count). The molecule has 0 aromatic heterocycles. The van der Waals surface area contributed by atoms with Gasteiger partial charge >= 0.3 is 0 Å². The first-order chi connectivity index (χ1) is 19.6. The van der Waals surface area contributed by atoms with E-state index in [2.05, 4.69) is 46.6 Å². The van der Waals surface area contributed by atoms with Crippen LogP contribution >= 0.6 is 0 Å². The Hall–Kier alpha value is -3.23. The number of carbonyl (C=O) groups excluding carboxylic acids is 3. The van der Waals surface area contributed by atoms with Crippen molar-refractivity contribution in [2.24, 2.45) is 17.3 Å². The summed E-state index contributed by atoms with van der Waals surface area (Å²) in [5.41, 5.74) is 3.15. The number of amides is 3. The topological polar surface area (TPSA) is 93.2 Å². The molecular weight excluding hydrogens is 516 g/mol. The Morgan fingerprint density at radius 2 is 1.59 bits per heavy atom. The molecule has 1 saturated heterocycles. The second-order valence-corrected chi connectivity index (χ2v) is 12.8. The number of rotatable bonds is 11. The minimum atomic E-state index is -0.693. The van der Waals surface area contributed by atoms with Crippen molar-refractivity contribution in [3.05, 3.63) is 60.2 Å². The molecule has 1 aliphatic carbocycles. The molecular formula is C33H46N4O4. The zero-order valence-corrected chi connectivity index (χ0v) is 24.8. The highest BCUT2D eigenvalue weighted by atomic mass is 16.5. The lowest BCUT2D eigenvalue weighted by Crippen LogP contribution is -2.59. The van der Waals surface area contributed by atoms with Crippen molar-refractivity contribution in [2.45, 2.75) is 65.5 Å². The molecule has 1 saturated carbocycles. The molecule has 0 radical (unpaired) electrons. The third-order valence-electron chi connectivity index (χ3n) is 8.54. The van der Waals surface area contributed by atoms with Crippen LogP contribution in [0, 0.1) is 17.3 Å². The third kappa shape index (κ3) is 8.63. The number of hydrogen-bond donors (Lipinski definition) is 2. The summed E-state index contributed by atoms with van der Waals surface area (Å²) in [7, 11) is 0. The van der Waals surface area contributed by atoms with Gasteiger partial charge in [0.1, 0.15) is 6.04 Å². The fourth-order valence-electron chi connectivity index (χ4n) is 6.09. The highest BCUT2D eigenvalue weighted by Crippen LogP contribution is 2.31. The normalized spacial score (nSPS) is 18.1. The largest absolute Gasteiger partial charge is 0.344 e. The first-order valence-electron chi connectivity index (χ1n) is 15.0. The zero-order chi connectivity index (χ0) is 29.4. The number of piperazine rings is 1. The van der Waals surface area contributed by atoms with E-state index in [4.69, 9.17) is 0 Å². The minimum absolute atomic E-state index is 0.0676. The number of carbonyl (C=O) groups is 3. The lowest BCUT2D eigenvalue weighted by atomic mass is 9.84. The van der Waals surface area contributed by atoms with Gasteiger partial charge in [0, 0.05) is 32.7 Å². The van der Waals surface area contributed by atoms with E-state index in [1.807, 2.05) is 43.9 Å². The summed E-state index contributed by atoms with van der Waals surface area (Å²) in [5.74, 6) is -0.509. The van der Waals surface area contributed by atoms with Crippen molar-refractivity contribution in [2.75, 3.05) is 32.7 Å². The average Bonchev–Trinajstić information content (AvgIpc) is 3.49. The van der Waals surface area contributed by atoms with E-state index in [1.165, 1.54) is 16.7 Å². The molecule has 1 heterocycles. The molecule has 2 fully saturated rings. The van der Waals surface area contributed by atoms with Crippen LogP contribution in [-0.2, 0) is 20.9 Å². The van der Waals surface area contributed by atoms with E-state index < -0.39 is 17.4 Å². The number of nitrogens with one attached hydrogen (secondary N) is 1. The minimum Gasteiger partial charge on any atom is -0.344 e. The number of benzene rings is 2. The summed E-state index contributed by atoms with van der Waals surface area (Å²) in [6.45, 7) is 9.37. The fourth-order valence-corrected chi connectivity index (χ4v) is 6.09. The molecule has 0 unspecified atom stereocenters. The van der Waals surface area contributed by atoms with Crippen molar-refractivity contribution in [1.29, 1.82) is 0 Å². The molecule has 8 nitrogen and oxygen atoms in total. The molecule has 2 aromatic carbocycles. The molecule has 8 heteroatoms. The van der Waals surface area contributed by atoms with Gasteiger partial charge in [-0.25, -0.2) is 5.06 Å². The maximum atomic E-state index is 13.7. The lowest BCUT2D eigenvalue weighted by Gasteiger charge is -2.40. The van der Waals surface area contributed by atoms with Gasteiger partial charge in [0.25, 0.3) is 0 Å². The van der Waals surface area contributed by atoms with E-state index in [9.17, 15) is 19.6 Å².